The van der Waals surface area contributed by atoms with Crippen LogP contribution in [0.3, 0.4) is 0 Å². The fraction of sp³-hybridized carbons (Fsp3) is 0.562. The lowest BCUT2D eigenvalue weighted by molar-refractivity contribution is -0.385. The summed E-state index contributed by atoms with van der Waals surface area (Å²) in [6.45, 7) is 8.72. The highest BCUT2D eigenvalue weighted by Crippen LogP contribution is 2.30. The highest BCUT2D eigenvalue weighted by Gasteiger charge is 2.32. The number of aryl methyl sites for hydroxylation is 1. The van der Waals surface area contributed by atoms with E-state index < -0.39 is 5.60 Å². The molecule has 1 fully saturated rings. The van der Waals surface area contributed by atoms with E-state index in [4.69, 9.17) is 4.74 Å². The lowest BCUT2D eigenvalue weighted by Gasteiger charge is -2.35. The largest absolute Gasteiger partial charge is 0.444 e. The van der Waals surface area contributed by atoms with E-state index in [1.54, 1.807) is 11.0 Å². The van der Waals surface area contributed by atoms with Gasteiger partial charge in [0.15, 0.2) is 0 Å². The number of nitro benzene ring substituents is 1. The Morgan fingerprint density at radius 1 is 1.43 bits per heavy atom. The van der Waals surface area contributed by atoms with Crippen molar-refractivity contribution < 1.29 is 14.5 Å². The molecular formula is C16H23N3O4. The Morgan fingerprint density at radius 2 is 2.13 bits per heavy atom. The predicted octanol–water partition coefficient (Wildman–Crippen LogP) is 2.78. The van der Waals surface area contributed by atoms with Gasteiger partial charge in [-0.1, -0.05) is 12.1 Å². The Balaban J connectivity index is 2.22. The van der Waals surface area contributed by atoms with E-state index in [2.05, 4.69) is 5.32 Å². The third-order valence-corrected chi connectivity index (χ3v) is 3.67. The first kappa shape index (κ1) is 17.2. The second kappa shape index (κ2) is 6.54. The van der Waals surface area contributed by atoms with Gasteiger partial charge < -0.3 is 15.0 Å². The summed E-state index contributed by atoms with van der Waals surface area (Å²) >= 11 is 0. The summed E-state index contributed by atoms with van der Waals surface area (Å²) in [5.41, 5.74) is 0.980. The number of piperazine rings is 1. The lowest BCUT2D eigenvalue weighted by Crippen LogP contribution is -2.50. The number of amides is 1. The summed E-state index contributed by atoms with van der Waals surface area (Å²) < 4.78 is 5.39. The first-order chi connectivity index (χ1) is 10.7. The van der Waals surface area contributed by atoms with Crippen LogP contribution in [0.5, 0.6) is 0 Å². The molecule has 1 amide bonds. The SMILES string of the molecule is Cc1cccc([N+](=O)[O-])c1C1CN(C(=O)OC(C)(C)C)CCN1. The summed E-state index contributed by atoms with van der Waals surface area (Å²) in [6.07, 6.45) is -0.389. The van der Waals surface area contributed by atoms with Crippen LogP contribution in [0, 0.1) is 17.0 Å². The maximum absolute atomic E-state index is 12.2. The number of hydrogen-bond donors (Lipinski definition) is 1. The van der Waals surface area contributed by atoms with Crippen LogP contribution in [0.4, 0.5) is 10.5 Å². The maximum atomic E-state index is 12.2. The van der Waals surface area contributed by atoms with Gasteiger partial charge in [-0.3, -0.25) is 10.1 Å². The van der Waals surface area contributed by atoms with Gasteiger partial charge in [0.1, 0.15) is 5.60 Å². The molecule has 23 heavy (non-hydrogen) atoms. The van der Waals surface area contributed by atoms with Gasteiger partial charge >= 0.3 is 6.09 Å². The standard InChI is InChI=1S/C16H23N3O4/c1-11-6-5-7-13(19(21)22)14(11)12-10-18(9-8-17-12)15(20)23-16(2,3)4/h5-7,12,17H,8-10H2,1-4H3. The molecule has 1 N–H and O–H groups in total. The van der Waals surface area contributed by atoms with Crippen LogP contribution in [0.25, 0.3) is 0 Å². The Morgan fingerprint density at radius 3 is 2.74 bits per heavy atom. The minimum atomic E-state index is -0.563. The molecular weight excluding hydrogens is 298 g/mol. The summed E-state index contributed by atoms with van der Waals surface area (Å²) in [5.74, 6) is 0. The molecule has 0 saturated carbocycles. The average Bonchev–Trinajstić information content (AvgIpc) is 2.45. The summed E-state index contributed by atoms with van der Waals surface area (Å²) in [6, 6.07) is 4.73. The Hall–Kier alpha value is -2.15. The Labute approximate surface area is 135 Å². The summed E-state index contributed by atoms with van der Waals surface area (Å²) in [7, 11) is 0. The second-order valence-corrected chi connectivity index (χ2v) is 6.70. The van der Waals surface area contributed by atoms with Gasteiger partial charge in [0, 0.05) is 25.7 Å². The highest BCUT2D eigenvalue weighted by atomic mass is 16.6. The number of nitrogens with zero attached hydrogens (tertiary/aromatic N) is 2. The lowest BCUT2D eigenvalue weighted by atomic mass is 9.97. The molecule has 0 bridgehead atoms. The summed E-state index contributed by atoms with van der Waals surface area (Å²) in [5, 5.41) is 14.6. The maximum Gasteiger partial charge on any atom is 0.410 e. The van der Waals surface area contributed by atoms with Crippen LogP contribution in [0.15, 0.2) is 18.2 Å². The molecule has 2 rings (SSSR count). The molecule has 126 valence electrons. The van der Waals surface area contributed by atoms with E-state index in [1.165, 1.54) is 6.07 Å². The topological polar surface area (TPSA) is 84.7 Å². The number of carbonyl (C=O) groups excluding carboxylic acids is 1. The van der Waals surface area contributed by atoms with Crippen molar-refractivity contribution in [2.24, 2.45) is 0 Å². The van der Waals surface area contributed by atoms with Crippen molar-refractivity contribution in [3.8, 4) is 0 Å². The van der Waals surface area contributed by atoms with E-state index in [0.717, 1.165) is 5.56 Å². The molecule has 1 aromatic carbocycles. The van der Waals surface area contributed by atoms with E-state index in [1.807, 2.05) is 33.8 Å². The van der Waals surface area contributed by atoms with E-state index in [-0.39, 0.29) is 22.7 Å². The molecule has 0 radical (unpaired) electrons. The second-order valence-electron chi connectivity index (χ2n) is 6.70. The smallest absolute Gasteiger partial charge is 0.410 e. The molecule has 7 heteroatoms. The van der Waals surface area contributed by atoms with Crippen molar-refractivity contribution >= 4 is 11.8 Å². The molecule has 0 aliphatic carbocycles. The van der Waals surface area contributed by atoms with E-state index in [0.29, 0.717) is 25.2 Å². The van der Waals surface area contributed by atoms with Gasteiger partial charge in [0.05, 0.1) is 16.5 Å². The zero-order valence-corrected chi connectivity index (χ0v) is 14.0. The molecule has 1 unspecified atom stereocenters. The van der Waals surface area contributed by atoms with Crippen LogP contribution in [0.1, 0.15) is 37.9 Å². The number of nitrogens with one attached hydrogen (secondary N) is 1. The number of rotatable bonds is 2. The number of benzene rings is 1. The predicted molar refractivity (Wildman–Crippen MR) is 86.4 cm³/mol. The molecule has 0 spiro atoms. The van der Waals surface area contributed by atoms with Crippen LogP contribution < -0.4 is 5.32 Å². The minimum absolute atomic E-state index is 0.0774. The van der Waals surface area contributed by atoms with Gasteiger partial charge in [0.25, 0.3) is 5.69 Å². The van der Waals surface area contributed by atoms with Crippen molar-refractivity contribution in [2.45, 2.75) is 39.3 Å². The van der Waals surface area contributed by atoms with E-state index in [9.17, 15) is 14.9 Å². The van der Waals surface area contributed by atoms with Crippen molar-refractivity contribution in [1.82, 2.24) is 10.2 Å². The molecule has 1 saturated heterocycles. The average molecular weight is 321 g/mol. The highest BCUT2D eigenvalue weighted by molar-refractivity contribution is 5.68. The molecule has 7 nitrogen and oxygen atoms in total. The monoisotopic (exact) mass is 321 g/mol. The minimum Gasteiger partial charge on any atom is -0.444 e. The van der Waals surface area contributed by atoms with Crippen molar-refractivity contribution in [3.05, 3.63) is 39.4 Å². The van der Waals surface area contributed by atoms with Gasteiger partial charge in [0.2, 0.25) is 0 Å². The molecule has 0 aromatic heterocycles. The van der Waals surface area contributed by atoms with Crippen LogP contribution in [0.2, 0.25) is 0 Å². The van der Waals surface area contributed by atoms with Gasteiger partial charge in [-0.05, 0) is 33.3 Å². The van der Waals surface area contributed by atoms with Crippen LogP contribution >= 0.6 is 0 Å². The van der Waals surface area contributed by atoms with Crippen LogP contribution in [-0.2, 0) is 4.74 Å². The Kier molecular flexibility index (Phi) is 4.89. The molecule has 1 heterocycles. The zero-order chi connectivity index (χ0) is 17.2. The number of hydrogen-bond acceptors (Lipinski definition) is 5. The number of carbonyl (C=O) groups is 1. The first-order valence-electron chi connectivity index (χ1n) is 7.64. The van der Waals surface area contributed by atoms with Gasteiger partial charge in [-0.25, -0.2) is 4.79 Å². The number of ether oxygens (including phenoxy) is 1. The molecule has 1 aromatic rings. The first-order valence-corrected chi connectivity index (χ1v) is 7.64. The molecule has 1 aliphatic heterocycles. The van der Waals surface area contributed by atoms with Crippen molar-refractivity contribution in [2.75, 3.05) is 19.6 Å². The van der Waals surface area contributed by atoms with Crippen molar-refractivity contribution in [3.63, 3.8) is 0 Å². The quantitative estimate of drug-likeness (QED) is 0.669. The third-order valence-electron chi connectivity index (χ3n) is 3.67. The molecule has 1 atom stereocenters. The van der Waals surface area contributed by atoms with Gasteiger partial charge in [-0.15, -0.1) is 0 Å². The fourth-order valence-corrected chi connectivity index (χ4v) is 2.71. The van der Waals surface area contributed by atoms with Gasteiger partial charge in [-0.2, -0.15) is 0 Å². The van der Waals surface area contributed by atoms with Crippen molar-refractivity contribution in [1.29, 1.82) is 0 Å². The summed E-state index contributed by atoms with van der Waals surface area (Å²) in [4.78, 5) is 24.7. The third kappa shape index (κ3) is 4.19. The molecule has 1 aliphatic rings. The number of nitro groups is 1. The fourth-order valence-electron chi connectivity index (χ4n) is 2.71. The normalized spacial score (nSPS) is 18.6. The zero-order valence-electron chi connectivity index (χ0n) is 14.0. The van der Waals surface area contributed by atoms with Crippen LogP contribution in [-0.4, -0.2) is 41.2 Å². The Bertz CT molecular complexity index is 610. The van der Waals surface area contributed by atoms with E-state index >= 15 is 0 Å².